The summed E-state index contributed by atoms with van der Waals surface area (Å²) in [6, 6.07) is 0. The third-order valence-electron chi connectivity index (χ3n) is 7.54. The van der Waals surface area contributed by atoms with E-state index >= 15 is 4.39 Å². The van der Waals surface area contributed by atoms with E-state index in [9.17, 15) is 9.59 Å². The maximum Gasteiger partial charge on any atom is 0.306 e. The molecular weight excluding hydrogens is 467 g/mol. The highest BCUT2D eigenvalue weighted by Crippen LogP contribution is 2.48. The second kappa shape index (κ2) is 10.7. The number of hydrogen-bond acceptors (Lipinski definition) is 9. The molecule has 0 unspecified atom stereocenters. The molecule has 198 valence electrons. The number of aromatic nitrogens is 4. The SMILES string of the molecule is CNc1nc(N)nc2c1ncn2[C@@H]1O[C@H](COC(=O)CC2CCCCC2)[C@@H](CC(=O)C(C)C)[C@@]1(C)F. The van der Waals surface area contributed by atoms with Crippen LogP contribution in [0.15, 0.2) is 6.33 Å². The number of esters is 1. The number of hydrogen-bond donors (Lipinski definition) is 2. The Bertz CT molecular complexity index is 1100. The molecule has 2 aromatic heterocycles. The van der Waals surface area contributed by atoms with Gasteiger partial charge in [-0.1, -0.05) is 33.1 Å². The number of Topliss-reactive ketones (excluding diaryl/α,β-unsaturated/α-hetero) is 1. The van der Waals surface area contributed by atoms with Gasteiger partial charge in [-0.15, -0.1) is 0 Å². The molecule has 1 aliphatic heterocycles. The fourth-order valence-electron chi connectivity index (χ4n) is 5.36. The maximum absolute atomic E-state index is 16.5. The van der Waals surface area contributed by atoms with Crippen LogP contribution in [0.5, 0.6) is 0 Å². The molecule has 4 atom stereocenters. The lowest BCUT2D eigenvalue weighted by Gasteiger charge is -2.28. The molecule has 1 aliphatic carbocycles. The zero-order valence-electron chi connectivity index (χ0n) is 21.5. The highest BCUT2D eigenvalue weighted by atomic mass is 19.1. The quantitative estimate of drug-likeness (QED) is 0.489. The number of anilines is 2. The molecule has 2 aromatic rings. The summed E-state index contributed by atoms with van der Waals surface area (Å²) in [5, 5.41) is 2.91. The number of halogens is 1. The lowest BCUT2D eigenvalue weighted by atomic mass is 9.82. The Labute approximate surface area is 210 Å². The van der Waals surface area contributed by atoms with Gasteiger partial charge in [-0.05, 0) is 25.7 Å². The van der Waals surface area contributed by atoms with Gasteiger partial charge in [-0.3, -0.25) is 14.2 Å². The first-order chi connectivity index (χ1) is 17.1. The van der Waals surface area contributed by atoms with Gasteiger partial charge in [0.2, 0.25) is 5.95 Å². The fourth-order valence-corrected chi connectivity index (χ4v) is 5.36. The van der Waals surface area contributed by atoms with Crippen LogP contribution in [0.4, 0.5) is 16.2 Å². The molecular formula is C25H37FN6O4. The van der Waals surface area contributed by atoms with Crippen LogP contribution in [0.1, 0.15) is 71.9 Å². The third-order valence-corrected chi connectivity index (χ3v) is 7.54. The van der Waals surface area contributed by atoms with Crippen molar-refractivity contribution in [3.8, 4) is 0 Å². The summed E-state index contributed by atoms with van der Waals surface area (Å²) >= 11 is 0. The van der Waals surface area contributed by atoms with Crippen molar-refractivity contribution in [1.29, 1.82) is 0 Å². The molecule has 3 heterocycles. The van der Waals surface area contributed by atoms with Crippen molar-refractivity contribution in [2.45, 2.75) is 83.7 Å². The van der Waals surface area contributed by atoms with Gasteiger partial charge in [0.15, 0.2) is 28.9 Å². The minimum atomic E-state index is -1.97. The minimum absolute atomic E-state index is 0.00638. The zero-order chi connectivity index (χ0) is 26.0. The van der Waals surface area contributed by atoms with Gasteiger partial charge >= 0.3 is 5.97 Å². The molecule has 0 aromatic carbocycles. The Balaban J connectivity index is 1.58. The van der Waals surface area contributed by atoms with Crippen LogP contribution >= 0.6 is 0 Å². The van der Waals surface area contributed by atoms with Crippen molar-refractivity contribution in [1.82, 2.24) is 19.5 Å². The first kappa shape index (κ1) is 26.2. The van der Waals surface area contributed by atoms with Crippen LogP contribution in [-0.4, -0.2) is 56.7 Å². The standard InChI is InChI=1S/C25H37FN6O4/c1-14(2)17(33)11-16-18(12-35-19(34)10-15-8-6-5-7-9-15)36-23(25(16,3)26)32-13-29-20-21(28-4)30-24(27)31-22(20)32/h13-16,18,23H,5-12H2,1-4H3,(H3,27,28,30,31)/t16-,18-,23-,25-/m1/s1. The van der Waals surface area contributed by atoms with E-state index in [1.165, 1.54) is 24.2 Å². The van der Waals surface area contributed by atoms with Crippen molar-refractivity contribution in [3.05, 3.63) is 6.33 Å². The van der Waals surface area contributed by atoms with E-state index in [2.05, 4.69) is 20.3 Å². The largest absolute Gasteiger partial charge is 0.463 e. The summed E-state index contributed by atoms with van der Waals surface area (Å²) in [4.78, 5) is 38.0. The summed E-state index contributed by atoms with van der Waals surface area (Å²) in [5.74, 6) is -0.713. The van der Waals surface area contributed by atoms with E-state index in [1.54, 1.807) is 20.9 Å². The monoisotopic (exact) mass is 504 g/mol. The molecule has 0 spiro atoms. The summed E-state index contributed by atoms with van der Waals surface area (Å²) in [7, 11) is 1.68. The molecule has 36 heavy (non-hydrogen) atoms. The zero-order valence-corrected chi connectivity index (χ0v) is 21.5. The van der Waals surface area contributed by atoms with Crippen LogP contribution in [0.25, 0.3) is 11.2 Å². The molecule has 0 amide bonds. The number of carbonyl (C=O) groups is 2. The topological polar surface area (TPSA) is 134 Å². The molecule has 0 bridgehead atoms. The van der Waals surface area contributed by atoms with Gasteiger partial charge in [0, 0.05) is 31.7 Å². The molecule has 1 saturated heterocycles. The van der Waals surface area contributed by atoms with Crippen molar-refractivity contribution < 1.29 is 23.5 Å². The summed E-state index contributed by atoms with van der Waals surface area (Å²) in [6.45, 7) is 4.86. The van der Waals surface area contributed by atoms with Gasteiger partial charge in [-0.2, -0.15) is 9.97 Å². The van der Waals surface area contributed by atoms with Crippen molar-refractivity contribution in [3.63, 3.8) is 0 Å². The molecule has 2 aliphatic rings. The average Bonchev–Trinajstić information content (AvgIpc) is 3.35. The number of ether oxygens (including phenoxy) is 2. The van der Waals surface area contributed by atoms with E-state index in [4.69, 9.17) is 15.2 Å². The highest BCUT2D eigenvalue weighted by Gasteiger charge is 2.56. The molecule has 11 heteroatoms. The number of alkyl halides is 1. The minimum Gasteiger partial charge on any atom is -0.463 e. The molecule has 4 rings (SSSR count). The van der Waals surface area contributed by atoms with Gasteiger partial charge in [-0.25, -0.2) is 9.37 Å². The van der Waals surface area contributed by atoms with Gasteiger partial charge in [0.1, 0.15) is 18.5 Å². The second-order valence-electron chi connectivity index (χ2n) is 10.5. The molecule has 10 nitrogen and oxygen atoms in total. The van der Waals surface area contributed by atoms with E-state index in [0.29, 0.717) is 29.3 Å². The van der Waals surface area contributed by atoms with Crippen LogP contribution in [-0.2, 0) is 19.1 Å². The molecule has 2 fully saturated rings. The van der Waals surface area contributed by atoms with Crippen molar-refractivity contribution in [2.24, 2.45) is 17.8 Å². The summed E-state index contributed by atoms with van der Waals surface area (Å²) < 4.78 is 29.8. The Morgan fingerprint density at radius 1 is 1.28 bits per heavy atom. The number of imidazole rings is 1. The second-order valence-corrected chi connectivity index (χ2v) is 10.5. The number of nitrogens with two attached hydrogens (primary N) is 1. The first-order valence-corrected chi connectivity index (χ1v) is 12.8. The maximum atomic E-state index is 16.5. The third kappa shape index (κ3) is 5.30. The number of rotatable bonds is 9. The lowest BCUT2D eigenvalue weighted by Crippen LogP contribution is -2.38. The lowest BCUT2D eigenvalue weighted by molar-refractivity contribution is -0.150. The number of carbonyl (C=O) groups excluding carboxylic acids is 2. The number of nitrogens with one attached hydrogen (secondary N) is 1. The predicted octanol–water partition coefficient (Wildman–Crippen LogP) is 3.82. The average molecular weight is 505 g/mol. The predicted molar refractivity (Wildman–Crippen MR) is 133 cm³/mol. The molecule has 3 N–H and O–H groups in total. The van der Waals surface area contributed by atoms with Crippen LogP contribution in [0.2, 0.25) is 0 Å². The van der Waals surface area contributed by atoms with Crippen LogP contribution in [0, 0.1) is 17.8 Å². The summed E-state index contributed by atoms with van der Waals surface area (Å²) in [5.41, 5.74) is 4.62. The summed E-state index contributed by atoms with van der Waals surface area (Å²) in [6.07, 6.45) is 5.33. The smallest absolute Gasteiger partial charge is 0.306 e. The number of nitrogens with zero attached hydrogens (tertiary/aromatic N) is 4. The van der Waals surface area contributed by atoms with Gasteiger partial charge < -0.3 is 20.5 Å². The van der Waals surface area contributed by atoms with E-state index in [0.717, 1.165) is 25.7 Å². The normalized spacial score (nSPS) is 27.0. The molecule has 1 saturated carbocycles. The number of nitrogen functional groups attached to an aromatic ring is 1. The molecule has 0 radical (unpaired) electrons. The first-order valence-electron chi connectivity index (χ1n) is 12.8. The van der Waals surface area contributed by atoms with Crippen molar-refractivity contribution in [2.75, 3.05) is 24.7 Å². The van der Waals surface area contributed by atoms with Gasteiger partial charge in [0.05, 0.1) is 6.33 Å². The highest BCUT2D eigenvalue weighted by molar-refractivity contribution is 5.84. The van der Waals surface area contributed by atoms with E-state index in [-0.39, 0.29) is 36.6 Å². The number of ketones is 1. The van der Waals surface area contributed by atoms with Gasteiger partial charge in [0.25, 0.3) is 0 Å². The Morgan fingerprint density at radius 3 is 2.67 bits per heavy atom. The van der Waals surface area contributed by atoms with E-state index in [1.807, 2.05) is 0 Å². The Morgan fingerprint density at radius 2 is 2.00 bits per heavy atom. The fraction of sp³-hybridized carbons (Fsp3) is 0.720. The van der Waals surface area contributed by atoms with E-state index < -0.39 is 23.9 Å². The van der Waals surface area contributed by atoms with Crippen molar-refractivity contribution >= 4 is 34.7 Å². The van der Waals surface area contributed by atoms with Crippen LogP contribution in [0.3, 0.4) is 0 Å². The number of fused-ring (bicyclic) bond motifs is 1. The Hall–Kier alpha value is -2.82. The Kier molecular flexibility index (Phi) is 7.77. The van der Waals surface area contributed by atoms with Crippen LogP contribution < -0.4 is 11.1 Å².